The summed E-state index contributed by atoms with van der Waals surface area (Å²) in [6, 6.07) is 16.1. The summed E-state index contributed by atoms with van der Waals surface area (Å²) in [5, 5.41) is 5.99. The van der Waals surface area contributed by atoms with Crippen LogP contribution in [0.1, 0.15) is 10.4 Å². The second-order valence-electron chi connectivity index (χ2n) is 5.78. The van der Waals surface area contributed by atoms with Gasteiger partial charge >= 0.3 is 0 Å². The maximum absolute atomic E-state index is 12.4. The van der Waals surface area contributed by atoms with E-state index in [1.807, 2.05) is 24.3 Å². The molecule has 1 aromatic heterocycles. The first-order valence-corrected chi connectivity index (χ1v) is 8.54. The molecule has 0 aliphatic rings. The molecule has 2 aromatic carbocycles. The Morgan fingerprint density at radius 1 is 0.821 bits per heavy atom. The van der Waals surface area contributed by atoms with Gasteiger partial charge in [-0.1, -0.05) is 12.1 Å². The largest absolute Gasteiger partial charge is 0.496 e. The minimum atomic E-state index is -0.264. The Hall–Kier alpha value is -3.74. The van der Waals surface area contributed by atoms with Crippen molar-refractivity contribution in [2.45, 2.75) is 0 Å². The summed E-state index contributed by atoms with van der Waals surface area (Å²) < 4.78 is 15.7. The second-order valence-corrected chi connectivity index (χ2v) is 5.78. The average molecular weight is 379 g/mol. The molecule has 0 spiro atoms. The Balaban J connectivity index is 1.69. The van der Waals surface area contributed by atoms with E-state index in [0.717, 1.165) is 5.69 Å². The molecule has 0 bridgehead atoms. The lowest BCUT2D eigenvalue weighted by atomic mass is 10.2. The highest BCUT2D eigenvalue weighted by Gasteiger charge is 2.12. The lowest BCUT2D eigenvalue weighted by Crippen LogP contribution is -2.13. The summed E-state index contributed by atoms with van der Waals surface area (Å²) >= 11 is 0. The Labute approximate surface area is 163 Å². The van der Waals surface area contributed by atoms with Crippen molar-refractivity contribution in [3.63, 3.8) is 0 Å². The van der Waals surface area contributed by atoms with Gasteiger partial charge in [-0.25, -0.2) is 4.98 Å². The summed E-state index contributed by atoms with van der Waals surface area (Å²) in [5.41, 5.74) is 1.84. The van der Waals surface area contributed by atoms with Crippen LogP contribution in [0.4, 0.5) is 17.2 Å². The van der Waals surface area contributed by atoms with Gasteiger partial charge in [-0.2, -0.15) is 0 Å². The number of para-hydroxylation sites is 1. The quantitative estimate of drug-likeness (QED) is 0.643. The Morgan fingerprint density at radius 3 is 2.21 bits per heavy atom. The first-order chi connectivity index (χ1) is 13.6. The molecule has 0 saturated carbocycles. The van der Waals surface area contributed by atoms with E-state index >= 15 is 0 Å². The number of hydrogen-bond acceptors (Lipinski definition) is 6. The molecule has 7 nitrogen and oxygen atoms in total. The predicted octanol–water partition coefficient (Wildman–Crippen LogP) is 4.10. The Kier molecular flexibility index (Phi) is 5.96. The number of carbonyl (C=O) groups excluding carboxylic acids is 1. The van der Waals surface area contributed by atoms with Crippen molar-refractivity contribution < 1.29 is 19.0 Å². The van der Waals surface area contributed by atoms with Crippen LogP contribution in [0, 0.1) is 0 Å². The standard InChI is InChI=1S/C21H21N3O4/c1-26-17-7-5-4-6-16(17)21(25)24-15-9-11-20(22-13-15)23-14-8-10-18(27-2)19(12-14)28-3/h4-13H,1-3H3,(H,22,23)(H,24,25). The summed E-state index contributed by atoms with van der Waals surface area (Å²) in [4.78, 5) is 16.8. The van der Waals surface area contributed by atoms with Gasteiger partial charge in [0.15, 0.2) is 11.5 Å². The van der Waals surface area contributed by atoms with E-state index < -0.39 is 0 Å². The fraction of sp³-hybridized carbons (Fsp3) is 0.143. The van der Waals surface area contributed by atoms with Gasteiger partial charge in [0.2, 0.25) is 0 Å². The van der Waals surface area contributed by atoms with Crippen LogP contribution < -0.4 is 24.8 Å². The van der Waals surface area contributed by atoms with Crippen molar-refractivity contribution in [3.8, 4) is 17.2 Å². The topological polar surface area (TPSA) is 81.7 Å². The smallest absolute Gasteiger partial charge is 0.259 e. The highest BCUT2D eigenvalue weighted by Crippen LogP contribution is 2.31. The molecule has 0 saturated heterocycles. The van der Waals surface area contributed by atoms with Gasteiger partial charge in [-0.15, -0.1) is 0 Å². The number of aromatic nitrogens is 1. The van der Waals surface area contributed by atoms with E-state index in [4.69, 9.17) is 14.2 Å². The zero-order chi connectivity index (χ0) is 19.9. The molecule has 0 radical (unpaired) electrons. The van der Waals surface area contributed by atoms with Gasteiger partial charge in [0.25, 0.3) is 5.91 Å². The van der Waals surface area contributed by atoms with E-state index in [0.29, 0.717) is 34.3 Å². The molecule has 0 fully saturated rings. The molecule has 3 aromatic rings. The van der Waals surface area contributed by atoms with Crippen LogP contribution in [0.2, 0.25) is 0 Å². The minimum Gasteiger partial charge on any atom is -0.496 e. The fourth-order valence-corrected chi connectivity index (χ4v) is 2.63. The Morgan fingerprint density at radius 2 is 1.54 bits per heavy atom. The van der Waals surface area contributed by atoms with Crippen molar-refractivity contribution >= 4 is 23.1 Å². The summed E-state index contributed by atoms with van der Waals surface area (Å²) in [7, 11) is 4.70. The number of nitrogens with one attached hydrogen (secondary N) is 2. The molecule has 1 heterocycles. The Bertz CT molecular complexity index is 958. The lowest BCUT2D eigenvalue weighted by molar-refractivity contribution is 0.102. The van der Waals surface area contributed by atoms with E-state index in [-0.39, 0.29) is 5.91 Å². The fourth-order valence-electron chi connectivity index (χ4n) is 2.63. The maximum Gasteiger partial charge on any atom is 0.259 e. The molecule has 2 N–H and O–H groups in total. The second kappa shape index (κ2) is 8.77. The lowest BCUT2D eigenvalue weighted by Gasteiger charge is -2.12. The van der Waals surface area contributed by atoms with E-state index in [1.165, 1.54) is 7.11 Å². The van der Waals surface area contributed by atoms with Crippen LogP contribution in [0.25, 0.3) is 0 Å². The van der Waals surface area contributed by atoms with E-state index in [2.05, 4.69) is 15.6 Å². The molecule has 3 rings (SSSR count). The summed E-state index contributed by atoms with van der Waals surface area (Å²) in [6.07, 6.45) is 1.58. The molecular formula is C21H21N3O4. The van der Waals surface area contributed by atoms with Gasteiger partial charge < -0.3 is 24.8 Å². The van der Waals surface area contributed by atoms with Crippen LogP contribution in [0.15, 0.2) is 60.8 Å². The number of rotatable bonds is 7. The van der Waals surface area contributed by atoms with Crippen molar-refractivity contribution in [3.05, 3.63) is 66.4 Å². The monoisotopic (exact) mass is 379 g/mol. The van der Waals surface area contributed by atoms with E-state index in [9.17, 15) is 4.79 Å². The molecule has 0 aliphatic carbocycles. The molecule has 7 heteroatoms. The first kappa shape index (κ1) is 19.0. The van der Waals surface area contributed by atoms with Gasteiger partial charge in [0.05, 0.1) is 38.8 Å². The molecule has 0 atom stereocenters. The molecule has 144 valence electrons. The summed E-state index contributed by atoms with van der Waals surface area (Å²) in [5.74, 6) is 2.14. The number of anilines is 3. The SMILES string of the molecule is COc1ccc(Nc2ccc(NC(=O)c3ccccc3OC)cn2)cc1OC. The number of benzene rings is 2. The number of hydrogen-bond donors (Lipinski definition) is 2. The van der Waals surface area contributed by atoms with Crippen molar-refractivity contribution in [1.82, 2.24) is 4.98 Å². The van der Waals surface area contributed by atoms with Crippen LogP contribution in [0.3, 0.4) is 0 Å². The predicted molar refractivity (Wildman–Crippen MR) is 108 cm³/mol. The molecule has 28 heavy (non-hydrogen) atoms. The van der Waals surface area contributed by atoms with Crippen LogP contribution >= 0.6 is 0 Å². The summed E-state index contributed by atoms with van der Waals surface area (Å²) in [6.45, 7) is 0. The van der Waals surface area contributed by atoms with Crippen molar-refractivity contribution in [2.75, 3.05) is 32.0 Å². The van der Waals surface area contributed by atoms with Crippen LogP contribution in [-0.2, 0) is 0 Å². The number of ether oxygens (including phenoxy) is 3. The van der Waals surface area contributed by atoms with Gasteiger partial charge in [0.1, 0.15) is 11.6 Å². The number of amides is 1. The number of nitrogens with zero attached hydrogens (tertiary/aromatic N) is 1. The number of pyridine rings is 1. The molecule has 0 aliphatic heterocycles. The molecule has 1 amide bonds. The zero-order valence-electron chi connectivity index (χ0n) is 15.9. The highest BCUT2D eigenvalue weighted by atomic mass is 16.5. The number of methoxy groups -OCH3 is 3. The minimum absolute atomic E-state index is 0.264. The average Bonchev–Trinajstić information content (AvgIpc) is 2.74. The van der Waals surface area contributed by atoms with Crippen LogP contribution in [0.5, 0.6) is 17.2 Å². The third-order valence-electron chi connectivity index (χ3n) is 4.03. The third kappa shape index (κ3) is 4.32. The van der Waals surface area contributed by atoms with Crippen molar-refractivity contribution in [2.24, 2.45) is 0 Å². The number of carbonyl (C=O) groups is 1. The third-order valence-corrected chi connectivity index (χ3v) is 4.03. The van der Waals surface area contributed by atoms with Gasteiger partial charge in [-0.05, 0) is 36.4 Å². The van der Waals surface area contributed by atoms with Gasteiger partial charge in [0, 0.05) is 11.8 Å². The van der Waals surface area contributed by atoms with Crippen LogP contribution in [-0.4, -0.2) is 32.2 Å². The van der Waals surface area contributed by atoms with Crippen molar-refractivity contribution in [1.29, 1.82) is 0 Å². The zero-order valence-corrected chi connectivity index (χ0v) is 15.9. The van der Waals surface area contributed by atoms with E-state index in [1.54, 1.807) is 50.7 Å². The maximum atomic E-state index is 12.4. The molecular weight excluding hydrogens is 358 g/mol. The molecule has 0 unspecified atom stereocenters. The van der Waals surface area contributed by atoms with Gasteiger partial charge in [-0.3, -0.25) is 4.79 Å². The normalized spacial score (nSPS) is 10.1. The first-order valence-electron chi connectivity index (χ1n) is 8.54. The highest BCUT2D eigenvalue weighted by molar-refractivity contribution is 6.06.